The van der Waals surface area contributed by atoms with Crippen molar-refractivity contribution in [1.82, 2.24) is 5.32 Å². The molecule has 0 aliphatic heterocycles. The molecule has 0 aliphatic rings. The molecule has 0 heterocycles. The van der Waals surface area contributed by atoms with Crippen LogP contribution in [0.3, 0.4) is 0 Å². The number of ether oxygens (including phenoxy) is 1. The van der Waals surface area contributed by atoms with Gasteiger partial charge < -0.3 is 15.0 Å². The Labute approximate surface area is 167 Å². The fourth-order valence-corrected chi connectivity index (χ4v) is 3.29. The summed E-state index contributed by atoms with van der Waals surface area (Å²) in [4.78, 5) is 14.8. The molecule has 1 N–H and O–H groups in total. The number of nitrogens with one attached hydrogen (secondary N) is 1. The second-order valence-electron chi connectivity index (χ2n) is 6.79. The van der Waals surface area contributed by atoms with Gasteiger partial charge in [0.25, 0.3) is 5.91 Å². The van der Waals surface area contributed by atoms with Crippen molar-refractivity contribution in [1.29, 1.82) is 0 Å². The van der Waals surface area contributed by atoms with E-state index in [-0.39, 0.29) is 5.91 Å². The van der Waals surface area contributed by atoms with Crippen LogP contribution >= 0.6 is 0 Å². The van der Waals surface area contributed by atoms with Gasteiger partial charge in [-0.15, -0.1) is 0 Å². The number of rotatable bonds is 8. The SMILES string of the molecule is CCN(CC)c1ccc(CNC(=O)[C@H](C)Oc2cccc3ccccc23)cc1. The molecular formula is C24H28N2O2. The van der Waals surface area contributed by atoms with Crippen molar-refractivity contribution in [2.45, 2.75) is 33.4 Å². The summed E-state index contributed by atoms with van der Waals surface area (Å²) >= 11 is 0. The van der Waals surface area contributed by atoms with Crippen LogP contribution in [-0.4, -0.2) is 25.1 Å². The van der Waals surface area contributed by atoms with Crippen molar-refractivity contribution in [3.05, 3.63) is 72.3 Å². The molecular weight excluding hydrogens is 348 g/mol. The summed E-state index contributed by atoms with van der Waals surface area (Å²) in [5.41, 5.74) is 2.27. The fraction of sp³-hybridized carbons (Fsp3) is 0.292. The molecule has 0 radical (unpaired) electrons. The third kappa shape index (κ3) is 4.63. The highest BCUT2D eigenvalue weighted by Crippen LogP contribution is 2.26. The Hall–Kier alpha value is -3.01. The van der Waals surface area contributed by atoms with Crippen molar-refractivity contribution >= 4 is 22.4 Å². The van der Waals surface area contributed by atoms with Gasteiger partial charge in [0, 0.05) is 30.7 Å². The first-order valence-corrected chi connectivity index (χ1v) is 9.88. The molecule has 3 aromatic rings. The molecule has 1 atom stereocenters. The molecule has 0 saturated heterocycles. The van der Waals surface area contributed by atoms with Gasteiger partial charge in [0.05, 0.1) is 0 Å². The summed E-state index contributed by atoms with van der Waals surface area (Å²) in [6.45, 7) is 8.52. The highest BCUT2D eigenvalue weighted by molar-refractivity contribution is 5.89. The number of amides is 1. The Kier molecular flexibility index (Phi) is 6.53. The minimum Gasteiger partial charge on any atom is -0.480 e. The third-order valence-corrected chi connectivity index (χ3v) is 4.95. The third-order valence-electron chi connectivity index (χ3n) is 4.95. The molecule has 0 spiro atoms. The van der Waals surface area contributed by atoms with Gasteiger partial charge in [0.15, 0.2) is 6.10 Å². The van der Waals surface area contributed by atoms with Crippen LogP contribution in [0.2, 0.25) is 0 Å². The highest BCUT2D eigenvalue weighted by atomic mass is 16.5. The smallest absolute Gasteiger partial charge is 0.261 e. The molecule has 3 rings (SSSR count). The standard InChI is InChI=1S/C24H28N2O2/c1-4-26(5-2)21-15-13-19(14-16-21)17-25-24(27)18(3)28-23-12-8-10-20-9-6-7-11-22(20)23/h6-16,18H,4-5,17H2,1-3H3,(H,25,27)/t18-/m0/s1. The number of fused-ring (bicyclic) bond motifs is 1. The Morgan fingerprint density at radius 1 is 0.964 bits per heavy atom. The first-order valence-electron chi connectivity index (χ1n) is 9.88. The summed E-state index contributed by atoms with van der Waals surface area (Å²) < 4.78 is 5.94. The molecule has 4 heteroatoms. The number of hydrogen-bond donors (Lipinski definition) is 1. The van der Waals surface area contributed by atoms with Crippen LogP contribution in [0.4, 0.5) is 5.69 Å². The van der Waals surface area contributed by atoms with Crippen LogP contribution in [0.1, 0.15) is 26.3 Å². The van der Waals surface area contributed by atoms with E-state index in [9.17, 15) is 4.79 Å². The number of benzene rings is 3. The lowest BCUT2D eigenvalue weighted by molar-refractivity contribution is -0.127. The molecule has 0 saturated carbocycles. The summed E-state index contributed by atoms with van der Waals surface area (Å²) in [6.07, 6.45) is -0.569. The van der Waals surface area contributed by atoms with E-state index in [1.54, 1.807) is 6.92 Å². The number of anilines is 1. The molecule has 1 amide bonds. The van der Waals surface area contributed by atoms with Crippen molar-refractivity contribution in [3.8, 4) is 5.75 Å². The molecule has 0 fully saturated rings. The van der Waals surface area contributed by atoms with Crippen molar-refractivity contribution in [3.63, 3.8) is 0 Å². The highest BCUT2D eigenvalue weighted by Gasteiger charge is 2.15. The average molecular weight is 377 g/mol. The maximum absolute atomic E-state index is 12.5. The van der Waals surface area contributed by atoms with E-state index in [1.807, 2.05) is 42.5 Å². The van der Waals surface area contributed by atoms with Gasteiger partial charge >= 0.3 is 0 Å². The van der Waals surface area contributed by atoms with E-state index in [4.69, 9.17) is 4.74 Å². The van der Waals surface area contributed by atoms with Crippen LogP contribution in [0.25, 0.3) is 10.8 Å². The molecule has 4 nitrogen and oxygen atoms in total. The molecule has 0 aromatic heterocycles. The molecule has 3 aromatic carbocycles. The van der Waals surface area contributed by atoms with Gasteiger partial charge in [-0.05, 0) is 49.9 Å². The Bertz CT molecular complexity index is 912. The number of nitrogens with zero attached hydrogens (tertiary/aromatic N) is 1. The molecule has 0 bridgehead atoms. The topological polar surface area (TPSA) is 41.6 Å². The lowest BCUT2D eigenvalue weighted by Gasteiger charge is -2.21. The number of carbonyl (C=O) groups excluding carboxylic acids is 1. The maximum atomic E-state index is 12.5. The lowest BCUT2D eigenvalue weighted by Crippen LogP contribution is -2.35. The first-order chi connectivity index (χ1) is 13.6. The van der Waals surface area contributed by atoms with Crippen LogP contribution in [0.5, 0.6) is 5.75 Å². The van der Waals surface area contributed by atoms with Crippen molar-refractivity contribution in [2.24, 2.45) is 0 Å². The van der Waals surface area contributed by atoms with Gasteiger partial charge in [-0.2, -0.15) is 0 Å². The van der Waals surface area contributed by atoms with Crippen LogP contribution in [0, 0.1) is 0 Å². The summed E-state index contributed by atoms with van der Waals surface area (Å²) in [6, 6.07) is 22.2. The van der Waals surface area contributed by atoms with E-state index >= 15 is 0 Å². The normalized spacial score (nSPS) is 11.8. The zero-order valence-corrected chi connectivity index (χ0v) is 16.8. The minimum atomic E-state index is -0.569. The number of hydrogen-bond acceptors (Lipinski definition) is 3. The maximum Gasteiger partial charge on any atom is 0.261 e. The summed E-state index contributed by atoms with van der Waals surface area (Å²) in [5, 5.41) is 5.07. The monoisotopic (exact) mass is 376 g/mol. The van der Waals surface area contributed by atoms with E-state index in [2.05, 4.69) is 48.3 Å². The molecule has 0 unspecified atom stereocenters. The van der Waals surface area contributed by atoms with E-state index in [0.717, 1.165) is 35.2 Å². The van der Waals surface area contributed by atoms with Crippen LogP contribution in [0.15, 0.2) is 66.7 Å². The molecule has 28 heavy (non-hydrogen) atoms. The Morgan fingerprint density at radius 3 is 2.36 bits per heavy atom. The van der Waals surface area contributed by atoms with Crippen molar-refractivity contribution < 1.29 is 9.53 Å². The largest absolute Gasteiger partial charge is 0.480 e. The second-order valence-corrected chi connectivity index (χ2v) is 6.79. The van der Waals surface area contributed by atoms with Gasteiger partial charge in [-0.3, -0.25) is 4.79 Å². The van der Waals surface area contributed by atoms with Crippen LogP contribution in [-0.2, 0) is 11.3 Å². The summed E-state index contributed by atoms with van der Waals surface area (Å²) in [7, 11) is 0. The first kappa shape index (κ1) is 19.7. The van der Waals surface area contributed by atoms with E-state index < -0.39 is 6.10 Å². The van der Waals surface area contributed by atoms with Gasteiger partial charge in [-0.25, -0.2) is 0 Å². The van der Waals surface area contributed by atoms with E-state index in [0.29, 0.717) is 6.54 Å². The Morgan fingerprint density at radius 2 is 1.64 bits per heavy atom. The Balaban J connectivity index is 1.58. The number of carbonyl (C=O) groups is 1. The van der Waals surface area contributed by atoms with Crippen molar-refractivity contribution in [2.75, 3.05) is 18.0 Å². The van der Waals surface area contributed by atoms with E-state index in [1.165, 1.54) is 5.69 Å². The fourth-order valence-electron chi connectivity index (χ4n) is 3.29. The lowest BCUT2D eigenvalue weighted by atomic mass is 10.1. The van der Waals surface area contributed by atoms with Crippen LogP contribution < -0.4 is 15.0 Å². The minimum absolute atomic E-state index is 0.124. The van der Waals surface area contributed by atoms with Gasteiger partial charge in [0.2, 0.25) is 0 Å². The molecule has 0 aliphatic carbocycles. The predicted octanol–water partition coefficient (Wildman–Crippen LogP) is 4.77. The second kappa shape index (κ2) is 9.27. The zero-order valence-electron chi connectivity index (χ0n) is 16.8. The van der Waals surface area contributed by atoms with Gasteiger partial charge in [0.1, 0.15) is 5.75 Å². The average Bonchev–Trinajstić information content (AvgIpc) is 2.74. The quantitative estimate of drug-likeness (QED) is 0.616. The summed E-state index contributed by atoms with van der Waals surface area (Å²) in [5.74, 6) is 0.602. The zero-order chi connectivity index (χ0) is 19.9. The predicted molar refractivity (Wildman–Crippen MR) is 116 cm³/mol. The molecule has 146 valence electrons. The van der Waals surface area contributed by atoms with Gasteiger partial charge in [-0.1, -0.05) is 48.5 Å².